The molecule has 21 heavy (non-hydrogen) atoms. The summed E-state index contributed by atoms with van der Waals surface area (Å²) in [4.78, 5) is 24.7. The van der Waals surface area contributed by atoms with E-state index in [-0.39, 0.29) is 5.91 Å². The zero-order valence-electron chi connectivity index (χ0n) is 12.0. The molecule has 1 aromatic heterocycles. The van der Waals surface area contributed by atoms with Gasteiger partial charge in [-0.05, 0) is 17.0 Å². The third-order valence-corrected chi connectivity index (χ3v) is 4.41. The van der Waals surface area contributed by atoms with Crippen LogP contribution in [0.3, 0.4) is 0 Å². The van der Waals surface area contributed by atoms with Crippen LogP contribution in [0.4, 0.5) is 0 Å². The predicted molar refractivity (Wildman–Crippen MR) is 83.8 cm³/mol. The van der Waals surface area contributed by atoms with Crippen molar-refractivity contribution in [3.8, 4) is 0 Å². The van der Waals surface area contributed by atoms with E-state index >= 15 is 0 Å². The molecule has 1 amide bonds. The zero-order valence-corrected chi connectivity index (χ0v) is 12.9. The van der Waals surface area contributed by atoms with Crippen molar-refractivity contribution in [2.24, 2.45) is 0 Å². The second-order valence-corrected chi connectivity index (χ2v) is 5.98. The standard InChI is InChI=1S/C15H18N2O3S/c1-17(2)13(18)7-8-16-9-11-10-5-3-4-6-12(10)21-14(11)15(19)20/h3-6,16H,7-9H2,1-2H3,(H,19,20). The Bertz CT molecular complexity index is 664. The highest BCUT2D eigenvalue weighted by Crippen LogP contribution is 2.31. The predicted octanol–water partition coefficient (Wildman–Crippen LogP) is 2.17. The monoisotopic (exact) mass is 306 g/mol. The molecule has 0 aliphatic heterocycles. The van der Waals surface area contributed by atoms with Crippen LogP contribution in [0, 0.1) is 0 Å². The second-order valence-electron chi connectivity index (χ2n) is 4.93. The summed E-state index contributed by atoms with van der Waals surface area (Å²) in [6.45, 7) is 0.979. The number of nitrogens with zero attached hydrogens (tertiary/aromatic N) is 1. The fourth-order valence-electron chi connectivity index (χ4n) is 2.08. The first kappa shape index (κ1) is 15.5. The van der Waals surface area contributed by atoms with Gasteiger partial charge >= 0.3 is 5.97 Å². The van der Waals surface area contributed by atoms with Gasteiger partial charge < -0.3 is 15.3 Å². The number of hydrogen-bond donors (Lipinski definition) is 2. The fraction of sp³-hybridized carbons (Fsp3) is 0.333. The number of hydrogen-bond acceptors (Lipinski definition) is 4. The fourth-order valence-corrected chi connectivity index (χ4v) is 3.14. The summed E-state index contributed by atoms with van der Waals surface area (Å²) in [7, 11) is 3.44. The summed E-state index contributed by atoms with van der Waals surface area (Å²) >= 11 is 1.29. The van der Waals surface area contributed by atoms with Crippen molar-refractivity contribution in [2.75, 3.05) is 20.6 Å². The molecular weight excluding hydrogens is 288 g/mol. The lowest BCUT2D eigenvalue weighted by molar-refractivity contribution is -0.128. The molecule has 0 bridgehead atoms. The Labute approximate surface area is 127 Å². The molecular formula is C15H18N2O3S. The first-order valence-electron chi connectivity index (χ1n) is 6.65. The third kappa shape index (κ3) is 3.59. The van der Waals surface area contributed by atoms with E-state index in [1.807, 2.05) is 24.3 Å². The summed E-state index contributed by atoms with van der Waals surface area (Å²) in [5.41, 5.74) is 0.792. The van der Waals surface area contributed by atoms with Crippen molar-refractivity contribution in [1.29, 1.82) is 0 Å². The van der Waals surface area contributed by atoms with Gasteiger partial charge in [-0.3, -0.25) is 4.79 Å². The second kappa shape index (κ2) is 6.69. The van der Waals surface area contributed by atoms with Crippen molar-refractivity contribution in [2.45, 2.75) is 13.0 Å². The summed E-state index contributed by atoms with van der Waals surface area (Å²) in [5, 5.41) is 13.4. The molecule has 0 unspecified atom stereocenters. The summed E-state index contributed by atoms with van der Waals surface area (Å²) in [5.74, 6) is -0.853. The Hall–Kier alpha value is -1.92. The lowest BCUT2D eigenvalue weighted by Crippen LogP contribution is -2.26. The van der Waals surface area contributed by atoms with Gasteiger partial charge in [0.15, 0.2) is 0 Å². The van der Waals surface area contributed by atoms with E-state index in [1.54, 1.807) is 19.0 Å². The van der Waals surface area contributed by atoms with Crippen LogP contribution < -0.4 is 5.32 Å². The number of nitrogens with one attached hydrogen (secondary N) is 1. The Morgan fingerprint density at radius 3 is 2.67 bits per heavy atom. The van der Waals surface area contributed by atoms with E-state index in [2.05, 4.69) is 5.32 Å². The zero-order chi connectivity index (χ0) is 15.4. The van der Waals surface area contributed by atoms with Gasteiger partial charge in [0.1, 0.15) is 4.88 Å². The molecule has 0 atom stereocenters. The van der Waals surface area contributed by atoms with E-state index in [1.165, 1.54) is 11.3 Å². The topological polar surface area (TPSA) is 69.6 Å². The maximum atomic E-state index is 11.5. The van der Waals surface area contributed by atoms with E-state index in [9.17, 15) is 14.7 Å². The Morgan fingerprint density at radius 1 is 1.29 bits per heavy atom. The Balaban J connectivity index is 2.09. The minimum absolute atomic E-state index is 0.0520. The first-order valence-corrected chi connectivity index (χ1v) is 7.47. The molecule has 5 nitrogen and oxygen atoms in total. The minimum Gasteiger partial charge on any atom is -0.477 e. The Kier molecular flexibility index (Phi) is 4.93. The van der Waals surface area contributed by atoms with Crippen molar-refractivity contribution in [3.63, 3.8) is 0 Å². The smallest absolute Gasteiger partial charge is 0.346 e. The van der Waals surface area contributed by atoms with E-state index in [0.29, 0.717) is 24.4 Å². The van der Waals surface area contributed by atoms with Crippen LogP contribution in [0.25, 0.3) is 10.1 Å². The number of carbonyl (C=O) groups excluding carboxylic acids is 1. The molecule has 0 saturated heterocycles. The van der Waals surface area contributed by atoms with Gasteiger partial charge in [0.2, 0.25) is 5.91 Å². The van der Waals surface area contributed by atoms with Crippen LogP contribution in [0.15, 0.2) is 24.3 Å². The van der Waals surface area contributed by atoms with Gasteiger partial charge in [-0.2, -0.15) is 0 Å². The van der Waals surface area contributed by atoms with Gasteiger partial charge in [0.05, 0.1) is 0 Å². The molecule has 0 aliphatic carbocycles. The van der Waals surface area contributed by atoms with Gasteiger partial charge in [-0.15, -0.1) is 11.3 Å². The van der Waals surface area contributed by atoms with Crippen LogP contribution in [-0.4, -0.2) is 42.5 Å². The normalized spacial score (nSPS) is 10.8. The van der Waals surface area contributed by atoms with Crippen molar-refractivity contribution in [3.05, 3.63) is 34.7 Å². The van der Waals surface area contributed by atoms with Crippen LogP contribution in [0.5, 0.6) is 0 Å². The van der Waals surface area contributed by atoms with E-state index in [0.717, 1.165) is 15.6 Å². The third-order valence-electron chi connectivity index (χ3n) is 3.21. The number of rotatable bonds is 6. The molecule has 0 spiro atoms. The van der Waals surface area contributed by atoms with Crippen LogP contribution in [0.1, 0.15) is 21.7 Å². The number of carbonyl (C=O) groups is 2. The average molecular weight is 306 g/mol. The molecule has 2 aromatic rings. The largest absolute Gasteiger partial charge is 0.477 e. The van der Waals surface area contributed by atoms with Crippen LogP contribution in [0.2, 0.25) is 0 Å². The molecule has 1 aromatic carbocycles. The maximum Gasteiger partial charge on any atom is 0.346 e. The molecule has 0 fully saturated rings. The van der Waals surface area contributed by atoms with Gasteiger partial charge in [-0.1, -0.05) is 18.2 Å². The van der Waals surface area contributed by atoms with Gasteiger partial charge in [-0.25, -0.2) is 4.79 Å². The molecule has 2 N–H and O–H groups in total. The first-order chi connectivity index (χ1) is 10.0. The molecule has 6 heteroatoms. The van der Waals surface area contributed by atoms with Crippen LogP contribution in [-0.2, 0) is 11.3 Å². The maximum absolute atomic E-state index is 11.5. The number of fused-ring (bicyclic) bond motifs is 1. The number of carboxylic acid groups (broad SMARTS) is 1. The highest BCUT2D eigenvalue weighted by Gasteiger charge is 2.17. The molecule has 112 valence electrons. The summed E-state index contributed by atoms with van der Waals surface area (Å²) < 4.78 is 0.969. The highest BCUT2D eigenvalue weighted by molar-refractivity contribution is 7.21. The van der Waals surface area contributed by atoms with Crippen molar-refractivity contribution >= 4 is 33.3 Å². The highest BCUT2D eigenvalue weighted by atomic mass is 32.1. The van der Waals surface area contributed by atoms with Crippen molar-refractivity contribution in [1.82, 2.24) is 10.2 Å². The lowest BCUT2D eigenvalue weighted by Gasteiger charge is -2.10. The SMILES string of the molecule is CN(C)C(=O)CCNCc1c(C(=O)O)sc2ccccc12. The van der Waals surface area contributed by atoms with E-state index < -0.39 is 5.97 Å². The number of benzene rings is 1. The number of thiophene rings is 1. The summed E-state index contributed by atoms with van der Waals surface area (Å²) in [6.07, 6.45) is 0.400. The Morgan fingerprint density at radius 2 is 2.00 bits per heavy atom. The van der Waals surface area contributed by atoms with Crippen LogP contribution >= 0.6 is 11.3 Å². The number of carboxylic acids is 1. The molecule has 2 rings (SSSR count). The number of aromatic carboxylic acids is 1. The molecule has 0 radical (unpaired) electrons. The summed E-state index contributed by atoms with van der Waals surface area (Å²) in [6, 6.07) is 7.66. The molecule has 1 heterocycles. The quantitative estimate of drug-likeness (QED) is 0.803. The molecule has 0 saturated carbocycles. The average Bonchev–Trinajstić information content (AvgIpc) is 2.82. The lowest BCUT2D eigenvalue weighted by atomic mass is 10.1. The number of amides is 1. The van der Waals surface area contributed by atoms with E-state index in [4.69, 9.17) is 0 Å². The minimum atomic E-state index is -0.905. The van der Waals surface area contributed by atoms with Gasteiger partial charge in [0.25, 0.3) is 0 Å². The van der Waals surface area contributed by atoms with Gasteiger partial charge in [0, 0.05) is 38.3 Å². The van der Waals surface area contributed by atoms with Crippen molar-refractivity contribution < 1.29 is 14.7 Å². The molecule has 0 aliphatic rings.